The van der Waals surface area contributed by atoms with Gasteiger partial charge in [0.15, 0.2) is 0 Å². The van der Waals surface area contributed by atoms with Gasteiger partial charge in [-0.2, -0.15) is 0 Å². The normalized spacial score (nSPS) is 13.1. The Kier molecular flexibility index (Phi) is 7.31. The van der Waals surface area contributed by atoms with Crippen LogP contribution in [0.3, 0.4) is 0 Å². The van der Waals surface area contributed by atoms with E-state index in [1.54, 1.807) is 0 Å². The van der Waals surface area contributed by atoms with E-state index >= 15 is 0 Å². The van der Waals surface area contributed by atoms with Crippen LogP contribution in [0.15, 0.2) is 206 Å². The van der Waals surface area contributed by atoms with Gasteiger partial charge >= 0.3 is 0 Å². The number of para-hydroxylation sites is 2. The molecule has 0 spiro atoms. The van der Waals surface area contributed by atoms with Crippen LogP contribution in [0.2, 0.25) is 0 Å². The zero-order valence-corrected chi connectivity index (χ0v) is 33.0. The Morgan fingerprint density at radius 2 is 0.797 bits per heavy atom. The molecule has 11 aromatic rings. The van der Waals surface area contributed by atoms with Gasteiger partial charge in [0.25, 0.3) is 0 Å². The van der Waals surface area contributed by atoms with Gasteiger partial charge in [0, 0.05) is 44.0 Å². The van der Waals surface area contributed by atoms with Crippen LogP contribution in [0.25, 0.3) is 82.6 Å². The monoisotopic (exact) mass is 752 g/mol. The van der Waals surface area contributed by atoms with Gasteiger partial charge in [-0.3, -0.25) is 0 Å². The van der Waals surface area contributed by atoms with Crippen molar-refractivity contribution >= 4 is 55.2 Å². The van der Waals surface area contributed by atoms with E-state index in [0.29, 0.717) is 0 Å². The minimum Gasteiger partial charge on any atom is -0.310 e. The lowest BCUT2D eigenvalue weighted by Crippen LogP contribution is -2.16. The van der Waals surface area contributed by atoms with Crippen molar-refractivity contribution in [3.63, 3.8) is 0 Å². The highest BCUT2D eigenvalue weighted by Gasteiger charge is 2.36. The molecule has 0 N–H and O–H groups in total. The first kappa shape index (κ1) is 33.7. The zero-order chi connectivity index (χ0) is 39.2. The summed E-state index contributed by atoms with van der Waals surface area (Å²) in [5.41, 5.74) is 19.7. The van der Waals surface area contributed by atoms with E-state index in [9.17, 15) is 0 Å². The third kappa shape index (κ3) is 5.13. The molecule has 0 saturated carbocycles. The number of anilines is 3. The standard InChI is InChI=1S/C57H40N2/c1-57(2)52-34-41(42-25-32-49-51-18-11-17-50-48-16-9-10-19-54(48)59(56(50)51)55(49)35-42)24-31-46(52)47-33-30-45(36-53(47)57)58(43-26-20-39(21-27-43)37-12-5-3-6-13-37)44-28-22-40(23-29-44)38-14-7-4-8-15-38/h3-36H,1-2H3. The van der Waals surface area contributed by atoms with Crippen LogP contribution in [0.5, 0.6) is 0 Å². The van der Waals surface area contributed by atoms with Crippen molar-refractivity contribution in [2.75, 3.05) is 4.90 Å². The van der Waals surface area contributed by atoms with E-state index in [4.69, 9.17) is 0 Å². The molecule has 12 rings (SSSR count). The van der Waals surface area contributed by atoms with Crippen LogP contribution >= 0.6 is 0 Å². The molecule has 2 nitrogen and oxygen atoms in total. The van der Waals surface area contributed by atoms with Gasteiger partial charge in [0.2, 0.25) is 0 Å². The minimum atomic E-state index is -0.202. The zero-order valence-electron chi connectivity index (χ0n) is 33.0. The van der Waals surface area contributed by atoms with Crippen molar-refractivity contribution in [3.8, 4) is 44.5 Å². The van der Waals surface area contributed by atoms with Gasteiger partial charge in [0.05, 0.1) is 16.6 Å². The lowest BCUT2D eigenvalue weighted by molar-refractivity contribution is 0.660. The van der Waals surface area contributed by atoms with Crippen molar-refractivity contribution < 1.29 is 0 Å². The van der Waals surface area contributed by atoms with Crippen LogP contribution < -0.4 is 4.90 Å². The molecule has 0 aliphatic heterocycles. The van der Waals surface area contributed by atoms with Gasteiger partial charge in [0.1, 0.15) is 0 Å². The van der Waals surface area contributed by atoms with Crippen LogP contribution in [0, 0.1) is 0 Å². The second kappa shape index (κ2) is 12.8. The van der Waals surface area contributed by atoms with Gasteiger partial charge in [-0.05, 0) is 110 Å². The third-order valence-corrected chi connectivity index (χ3v) is 12.9. The average Bonchev–Trinajstić information content (AvgIpc) is 3.90. The summed E-state index contributed by atoms with van der Waals surface area (Å²) in [5.74, 6) is 0. The smallest absolute Gasteiger partial charge is 0.0620 e. The highest BCUT2D eigenvalue weighted by molar-refractivity contribution is 6.23. The number of hydrogen-bond acceptors (Lipinski definition) is 1. The summed E-state index contributed by atoms with van der Waals surface area (Å²) in [5, 5.41) is 5.24. The number of rotatable bonds is 6. The Hall–Kier alpha value is -7.42. The fraction of sp³-hybridized carbons (Fsp3) is 0.0526. The van der Waals surface area contributed by atoms with Crippen molar-refractivity contribution in [1.29, 1.82) is 0 Å². The quantitative estimate of drug-likeness (QED) is 0.164. The van der Waals surface area contributed by atoms with E-state index in [2.05, 4.69) is 229 Å². The van der Waals surface area contributed by atoms with Crippen LogP contribution in [0.4, 0.5) is 17.1 Å². The number of benzene rings is 9. The molecule has 1 aliphatic carbocycles. The number of fused-ring (bicyclic) bond motifs is 9. The third-order valence-electron chi connectivity index (χ3n) is 12.9. The maximum Gasteiger partial charge on any atom is 0.0620 e. The second-order valence-electron chi connectivity index (χ2n) is 16.6. The highest BCUT2D eigenvalue weighted by Crippen LogP contribution is 2.52. The second-order valence-corrected chi connectivity index (χ2v) is 16.6. The molecule has 278 valence electrons. The summed E-state index contributed by atoms with van der Waals surface area (Å²) in [6, 6.07) is 76.0. The van der Waals surface area contributed by atoms with Crippen LogP contribution in [-0.4, -0.2) is 4.40 Å². The molecule has 0 amide bonds. The molecule has 1 aliphatic rings. The predicted molar refractivity (Wildman–Crippen MR) is 250 cm³/mol. The van der Waals surface area contributed by atoms with Crippen LogP contribution in [0.1, 0.15) is 25.0 Å². The Labute approximate surface area is 344 Å². The van der Waals surface area contributed by atoms with Gasteiger partial charge < -0.3 is 9.30 Å². The molecule has 0 saturated heterocycles. The average molecular weight is 753 g/mol. The molecular weight excluding hydrogens is 713 g/mol. The van der Waals surface area contributed by atoms with Crippen molar-refractivity contribution in [2.24, 2.45) is 0 Å². The summed E-state index contributed by atoms with van der Waals surface area (Å²) in [7, 11) is 0. The summed E-state index contributed by atoms with van der Waals surface area (Å²) in [6.07, 6.45) is 0. The van der Waals surface area contributed by atoms with E-state index in [-0.39, 0.29) is 5.41 Å². The Morgan fingerprint density at radius 3 is 1.44 bits per heavy atom. The largest absolute Gasteiger partial charge is 0.310 e. The number of aromatic nitrogens is 1. The first-order valence-electron chi connectivity index (χ1n) is 20.6. The lowest BCUT2D eigenvalue weighted by Gasteiger charge is -2.28. The van der Waals surface area contributed by atoms with Gasteiger partial charge in [-0.25, -0.2) is 0 Å². The molecule has 9 aromatic carbocycles. The van der Waals surface area contributed by atoms with E-state index in [1.165, 1.54) is 93.7 Å². The summed E-state index contributed by atoms with van der Waals surface area (Å²) >= 11 is 0. The summed E-state index contributed by atoms with van der Waals surface area (Å²) < 4.78 is 2.48. The van der Waals surface area contributed by atoms with Gasteiger partial charge in [-0.15, -0.1) is 0 Å². The number of hydrogen-bond donors (Lipinski definition) is 0. The molecule has 2 aromatic heterocycles. The molecule has 0 radical (unpaired) electrons. The lowest BCUT2D eigenvalue weighted by atomic mass is 9.81. The Balaban J connectivity index is 0.948. The molecule has 0 bridgehead atoms. The fourth-order valence-electron chi connectivity index (χ4n) is 9.97. The molecular formula is C57H40N2. The van der Waals surface area contributed by atoms with E-state index < -0.39 is 0 Å². The molecule has 0 fully saturated rings. The Morgan fingerprint density at radius 1 is 0.339 bits per heavy atom. The van der Waals surface area contributed by atoms with Crippen molar-refractivity contribution in [1.82, 2.24) is 4.40 Å². The minimum absolute atomic E-state index is 0.202. The van der Waals surface area contributed by atoms with Crippen molar-refractivity contribution in [3.05, 3.63) is 217 Å². The highest BCUT2D eigenvalue weighted by atomic mass is 15.1. The van der Waals surface area contributed by atoms with Gasteiger partial charge in [-0.1, -0.05) is 166 Å². The SMILES string of the molecule is CC1(C)c2cc(-c3ccc4c5cccc6c7ccccc7n(c4c3)c65)ccc2-c2ccc(N(c3ccc(-c4ccccc4)cc3)c3ccc(-c4ccccc4)cc3)cc21. The molecule has 0 unspecified atom stereocenters. The molecule has 0 atom stereocenters. The first-order valence-corrected chi connectivity index (χ1v) is 20.6. The molecule has 2 heteroatoms. The molecule has 59 heavy (non-hydrogen) atoms. The topological polar surface area (TPSA) is 7.65 Å². The van der Waals surface area contributed by atoms with E-state index in [0.717, 1.165) is 17.1 Å². The number of nitrogens with zero attached hydrogens (tertiary/aromatic N) is 2. The molecule has 2 heterocycles. The fourth-order valence-corrected chi connectivity index (χ4v) is 9.97. The first-order chi connectivity index (χ1) is 29.0. The summed E-state index contributed by atoms with van der Waals surface area (Å²) in [6.45, 7) is 4.78. The summed E-state index contributed by atoms with van der Waals surface area (Å²) in [4.78, 5) is 2.40. The van der Waals surface area contributed by atoms with Crippen LogP contribution in [-0.2, 0) is 5.41 Å². The predicted octanol–water partition coefficient (Wildman–Crippen LogP) is 15.6. The van der Waals surface area contributed by atoms with E-state index in [1.807, 2.05) is 0 Å². The maximum absolute atomic E-state index is 2.48. The Bertz CT molecular complexity index is 3290. The maximum atomic E-state index is 2.48. The van der Waals surface area contributed by atoms with Crippen molar-refractivity contribution in [2.45, 2.75) is 19.3 Å².